The minimum Gasteiger partial charge on any atom is -0.479 e. The number of aliphatic hydroxyl groups excluding tert-OH is 2. The number of hydrogen-bond acceptors (Lipinski definition) is 11. The second-order valence-electron chi connectivity index (χ2n) is 20.2. The zero-order chi connectivity index (χ0) is 56.1. The Morgan fingerprint density at radius 2 is 0.831 bits per heavy atom. The number of carbonyl (C=O) groups excluding carboxylic acids is 3. The van der Waals surface area contributed by atoms with Crippen LogP contribution in [0.4, 0.5) is 0 Å². The number of ether oxygens (including phenoxy) is 5. The minimum atomic E-state index is -1.92. The molecule has 0 aromatic carbocycles. The van der Waals surface area contributed by atoms with Gasteiger partial charge in [-0.3, -0.25) is 14.4 Å². The van der Waals surface area contributed by atoms with Gasteiger partial charge in [0.25, 0.3) is 0 Å². The predicted octanol–water partition coefficient (Wildman–Crippen LogP) is 15.7. The first-order valence-corrected chi connectivity index (χ1v) is 30.2. The molecule has 1 aliphatic rings. The molecule has 1 fully saturated rings. The van der Waals surface area contributed by atoms with Gasteiger partial charge >= 0.3 is 23.9 Å². The van der Waals surface area contributed by atoms with Crippen LogP contribution in [0.5, 0.6) is 0 Å². The molecule has 12 nitrogen and oxygen atoms in total. The van der Waals surface area contributed by atoms with Crippen molar-refractivity contribution in [3.8, 4) is 0 Å². The molecule has 3 N–H and O–H groups in total. The number of esters is 3. The van der Waals surface area contributed by atoms with Gasteiger partial charge in [0.2, 0.25) is 0 Å². The van der Waals surface area contributed by atoms with E-state index in [9.17, 15) is 34.5 Å². The van der Waals surface area contributed by atoms with Gasteiger partial charge in [-0.1, -0.05) is 227 Å². The number of unbranched alkanes of at least 4 members (excludes halogenated alkanes) is 20. The van der Waals surface area contributed by atoms with Crippen molar-refractivity contribution >= 4 is 23.9 Å². The first-order chi connectivity index (χ1) is 37.6. The Labute approximate surface area is 466 Å². The SMILES string of the molecule is CC/C=C\C/C=C\C/C=C\C/C=C\C/C=C\CCCC(=O)OCC(COC1OC(C(=O)O)C(O)C(O)C1OC(=O)CCCCCCCCCCCCCCCCCCC)OC(=O)CCCCC/C=C\C/C=C\C/C=C\CC. The van der Waals surface area contributed by atoms with E-state index in [0.717, 1.165) is 96.3 Å². The predicted molar refractivity (Wildman–Crippen MR) is 312 cm³/mol. The number of rotatable bonds is 50. The van der Waals surface area contributed by atoms with E-state index in [4.69, 9.17) is 23.7 Å². The van der Waals surface area contributed by atoms with E-state index in [1.807, 2.05) is 6.08 Å². The molecule has 77 heavy (non-hydrogen) atoms. The third-order valence-electron chi connectivity index (χ3n) is 13.2. The summed E-state index contributed by atoms with van der Waals surface area (Å²) in [7, 11) is 0. The van der Waals surface area contributed by atoms with E-state index in [2.05, 4.69) is 112 Å². The monoisotopic (exact) mass is 1080 g/mol. The Hall–Kier alpha value is -4.36. The van der Waals surface area contributed by atoms with Crippen LogP contribution in [-0.2, 0) is 42.9 Å². The molecule has 0 radical (unpaired) electrons. The van der Waals surface area contributed by atoms with Crippen LogP contribution >= 0.6 is 0 Å². The Bertz CT molecular complexity index is 1710. The summed E-state index contributed by atoms with van der Waals surface area (Å²) in [5, 5.41) is 31.5. The Balaban J connectivity index is 2.72. The molecule has 0 saturated carbocycles. The van der Waals surface area contributed by atoms with Crippen molar-refractivity contribution in [1.82, 2.24) is 0 Å². The number of carboxylic acids is 1. The molecule has 1 rings (SSSR count). The molecule has 0 aliphatic carbocycles. The van der Waals surface area contributed by atoms with Crippen LogP contribution in [0.3, 0.4) is 0 Å². The minimum absolute atomic E-state index is 0.0507. The molecule has 0 aromatic rings. The average molecular weight is 1080 g/mol. The van der Waals surface area contributed by atoms with E-state index in [1.54, 1.807) is 0 Å². The average Bonchev–Trinajstić information content (AvgIpc) is 3.42. The van der Waals surface area contributed by atoms with E-state index in [-0.39, 0.29) is 25.9 Å². The molecular weight excluding hydrogens is 973 g/mol. The van der Waals surface area contributed by atoms with Crippen LogP contribution in [0.15, 0.2) is 97.2 Å². The number of allylic oxidation sites excluding steroid dienone is 16. The molecule has 6 atom stereocenters. The van der Waals surface area contributed by atoms with Crippen LogP contribution in [0, 0.1) is 0 Å². The smallest absolute Gasteiger partial charge is 0.335 e. The van der Waals surface area contributed by atoms with Gasteiger partial charge in [0, 0.05) is 19.3 Å². The van der Waals surface area contributed by atoms with Gasteiger partial charge in [-0.25, -0.2) is 4.79 Å². The van der Waals surface area contributed by atoms with Crippen molar-refractivity contribution in [2.24, 2.45) is 0 Å². The second-order valence-corrected chi connectivity index (χ2v) is 20.2. The zero-order valence-corrected chi connectivity index (χ0v) is 48.2. The van der Waals surface area contributed by atoms with Crippen molar-refractivity contribution in [3.05, 3.63) is 97.2 Å². The summed E-state index contributed by atoms with van der Waals surface area (Å²) in [6, 6.07) is 0. The number of aliphatic hydroxyl groups is 2. The van der Waals surface area contributed by atoms with Crippen LogP contribution < -0.4 is 0 Å². The Kier molecular flexibility index (Phi) is 48.0. The summed E-state index contributed by atoms with van der Waals surface area (Å²) in [5.41, 5.74) is 0. The maximum absolute atomic E-state index is 13.1. The van der Waals surface area contributed by atoms with Crippen molar-refractivity contribution in [3.63, 3.8) is 0 Å². The lowest BCUT2D eigenvalue weighted by Gasteiger charge is -2.40. The molecule has 1 aliphatic heterocycles. The Morgan fingerprint density at radius 1 is 0.442 bits per heavy atom. The highest BCUT2D eigenvalue weighted by Crippen LogP contribution is 2.26. The number of aliphatic carboxylic acids is 1. The highest BCUT2D eigenvalue weighted by molar-refractivity contribution is 5.74. The van der Waals surface area contributed by atoms with E-state index >= 15 is 0 Å². The largest absolute Gasteiger partial charge is 0.479 e. The fourth-order valence-electron chi connectivity index (χ4n) is 8.59. The third-order valence-corrected chi connectivity index (χ3v) is 13.2. The molecule has 12 heteroatoms. The van der Waals surface area contributed by atoms with Crippen molar-refractivity contribution < 1.29 is 58.2 Å². The van der Waals surface area contributed by atoms with E-state index in [1.165, 1.54) is 77.0 Å². The maximum Gasteiger partial charge on any atom is 0.335 e. The Morgan fingerprint density at radius 3 is 1.29 bits per heavy atom. The highest BCUT2D eigenvalue weighted by atomic mass is 16.7. The first kappa shape index (κ1) is 70.7. The lowest BCUT2D eigenvalue weighted by molar-refractivity contribution is -0.301. The first-order valence-electron chi connectivity index (χ1n) is 30.2. The summed E-state index contributed by atoms with van der Waals surface area (Å²) in [4.78, 5) is 51.1. The lowest BCUT2D eigenvalue weighted by Crippen LogP contribution is -2.61. The molecule has 1 saturated heterocycles. The summed E-state index contributed by atoms with van der Waals surface area (Å²) in [6.45, 7) is 5.70. The van der Waals surface area contributed by atoms with Gasteiger partial charge in [0.1, 0.15) is 18.8 Å². The van der Waals surface area contributed by atoms with Crippen molar-refractivity contribution in [1.29, 1.82) is 0 Å². The topological polar surface area (TPSA) is 175 Å². The molecule has 6 unspecified atom stereocenters. The lowest BCUT2D eigenvalue weighted by atomic mass is 9.98. The summed E-state index contributed by atoms with van der Waals surface area (Å²) >= 11 is 0. The third kappa shape index (κ3) is 42.3. The highest BCUT2D eigenvalue weighted by Gasteiger charge is 2.50. The van der Waals surface area contributed by atoms with E-state index < -0.39 is 67.3 Å². The summed E-state index contributed by atoms with van der Waals surface area (Å²) < 4.78 is 28.4. The van der Waals surface area contributed by atoms with Gasteiger partial charge in [0.15, 0.2) is 24.6 Å². The van der Waals surface area contributed by atoms with Crippen LogP contribution in [0.25, 0.3) is 0 Å². The zero-order valence-electron chi connectivity index (χ0n) is 48.2. The quantitative estimate of drug-likeness (QED) is 0.0228. The molecule has 0 amide bonds. The summed E-state index contributed by atoms with van der Waals surface area (Å²) in [5.74, 6) is -3.24. The maximum atomic E-state index is 13.1. The fraction of sp³-hybridized carbons (Fsp3) is 0.692. The standard InChI is InChI=1S/C65H106O12/c1-4-7-10-13-16-19-22-25-27-29-31-34-36-39-42-45-48-51-57(66)73-54-56(75-58(67)52-49-46-43-40-37-33-24-21-18-15-12-9-6-3)55-74-65-63(61(70)60(69)62(77-65)64(71)72)76-59(68)53-50-47-44-41-38-35-32-30-28-26-23-20-17-14-11-8-5-2/h7,9-10,12,16,18-19,21,25,27,31,33-34,37,39,42,56,60-63,65,69-70H,4-6,8,11,13-15,17,20,22-24,26,28-30,32,35-36,38,40-41,43-55H2,1-3H3,(H,71,72)/b10-7-,12-9-,19-16-,21-18-,27-25-,34-31-,37-33-,42-39-. The van der Waals surface area contributed by atoms with Crippen molar-refractivity contribution in [2.75, 3.05) is 13.2 Å². The molecule has 0 bridgehead atoms. The van der Waals surface area contributed by atoms with E-state index in [0.29, 0.717) is 25.7 Å². The van der Waals surface area contributed by atoms with Crippen LogP contribution in [0.2, 0.25) is 0 Å². The molecule has 0 spiro atoms. The molecule has 438 valence electrons. The molecule has 1 heterocycles. The molecular formula is C65H106O12. The number of carboxylic acid groups (broad SMARTS) is 1. The normalized spacial score (nSPS) is 18.7. The van der Waals surface area contributed by atoms with Crippen LogP contribution in [0.1, 0.15) is 239 Å². The van der Waals surface area contributed by atoms with Crippen molar-refractivity contribution in [2.45, 2.75) is 276 Å². The van der Waals surface area contributed by atoms with Gasteiger partial charge in [-0.05, 0) is 89.9 Å². The van der Waals surface area contributed by atoms with Gasteiger partial charge < -0.3 is 39.0 Å². The summed E-state index contributed by atoms with van der Waals surface area (Å²) in [6.07, 6.45) is 56.7. The van der Waals surface area contributed by atoms with Gasteiger partial charge in [-0.2, -0.15) is 0 Å². The second kappa shape index (κ2) is 52.3. The number of hydrogen-bond donors (Lipinski definition) is 3. The van der Waals surface area contributed by atoms with Gasteiger partial charge in [-0.15, -0.1) is 0 Å². The van der Waals surface area contributed by atoms with Crippen LogP contribution in [-0.4, -0.2) is 89.2 Å². The van der Waals surface area contributed by atoms with Gasteiger partial charge in [0.05, 0.1) is 6.61 Å². The fourth-order valence-corrected chi connectivity index (χ4v) is 8.59. The number of carbonyl (C=O) groups is 4. The molecule has 0 aromatic heterocycles.